The molecular weight excluding hydrogens is 273 g/mol. The summed E-state index contributed by atoms with van der Waals surface area (Å²) in [5, 5.41) is 3.33. The minimum absolute atomic E-state index is 0.278. The number of rotatable bonds is 2. The van der Waals surface area contributed by atoms with Crippen molar-refractivity contribution in [3.63, 3.8) is 0 Å². The third-order valence-corrected chi connectivity index (χ3v) is 3.06. The summed E-state index contributed by atoms with van der Waals surface area (Å²) < 4.78 is 0. The first kappa shape index (κ1) is 12.7. The van der Waals surface area contributed by atoms with Gasteiger partial charge in [-0.1, -0.05) is 29.3 Å². The molecule has 1 aromatic heterocycles. The molecule has 0 atom stereocenters. The number of hydrogen-bond donors (Lipinski definition) is 2. The predicted molar refractivity (Wildman–Crippen MR) is 73.1 cm³/mol. The summed E-state index contributed by atoms with van der Waals surface area (Å²) in [7, 11) is 0. The van der Waals surface area contributed by atoms with Crippen LogP contribution in [0.15, 0.2) is 36.5 Å². The number of hydrogen-bond acceptors (Lipinski definition) is 3. The number of carbonyl (C=O) groups is 1. The maximum absolute atomic E-state index is 11.9. The number of nitrogens with two attached hydrogens (primary N) is 1. The molecule has 1 aromatic carbocycles. The molecule has 0 aliphatic rings. The lowest BCUT2D eigenvalue weighted by Gasteiger charge is -2.08. The van der Waals surface area contributed by atoms with Gasteiger partial charge in [-0.05, 0) is 24.3 Å². The quantitative estimate of drug-likeness (QED) is 0.888. The maximum Gasteiger partial charge on any atom is 0.255 e. The molecule has 0 unspecified atom stereocenters. The molecule has 0 bridgehead atoms. The minimum atomic E-state index is -0.326. The second kappa shape index (κ2) is 5.25. The van der Waals surface area contributed by atoms with Crippen LogP contribution in [0.2, 0.25) is 10.0 Å². The number of nitrogens with zero attached hydrogens (tertiary/aromatic N) is 1. The van der Waals surface area contributed by atoms with Crippen LogP contribution in [0.25, 0.3) is 0 Å². The lowest BCUT2D eigenvalue weighted by Crippen LogP contribution is -2.12. The van der Waals surface area contributed by atoms with Gasteiger partial charge in [0.1, 0.15) is 5.82 Å². The number of amides is 1. The van der Waals surface area contributed by atoms with Crippen molar-refractivity contribution in [2.45, 2.75) is 0 Å². The Labute approximate surface area is 114 Å². The lowest BCUT2D eigenvalue weighted by atomic mass is 10.2. The van der Waals surface area contributed by atoms with Crippen LogP contribution in [0.4, 0.5) is 11.5 Å². The minimum Gasteiger partial charge on any atom is -0.384 e. The number of halogens is 2. The van der Waals surface area contributed by atoms with Gasteiger partial charge in [-0.2, -0.15) is 0 Å². The van der Waals surface area contributed by atoms with Crippen molar-refractivity contribution < 1.29 is 4.79 Å². The summed E-state index contributed by atoms with van der Waals surface area (Å²) >= 11 is 11.8. The Balaban J connectivity index is 2.24. The third-order valence-electron chi connectivity index (χ3n) is 2.24. The van der Waals surface area contributed by atoms with Gasteiger partial charge in [0, 0.05) is 11.8 Å². The van der Waals surface area contributed by atoms with Gasteiger partial charge < -0.3 is 11.1 Å². The van der Waals surface area contributed by atoms with E-state index >= 15 is 0 Å². The number of anilines is 2. The Morgan fingerprint density at radius 3 is 2.78 bits per heavy atom. The Hall–Kier alpha value is -1.78. The SMILES string of the molecule is Nc1cc(C(=O)Nc2cccc(Cl)c2Cl)ccn1. The molecule has 6 heteroatoms. The topological polar surface area (TPSA) is 68.0 Å². The van der Waals surface area contributed by atoms with E-state index in [0.29, 0.717) is 21.3 Å². The molecule has 0 spiro atoms. The standard InChI is InChI=1S/C12H9Cl2N3O/c13-8-2-1-3-9(11(8)14)17-12(18)7-4-5-16-10(15)6-7/h1-6H,(H2,15,16)(H,17,18). The molecule has 0 radical (unpaired) electrons. The molecule has 2 rings (SSSR count). The van der Waals surface area contributed by atoms with E-state index in [0.717, 1.165) is 0 Å². The van der Waals surface area contributed by atoms with Crippen LogP contribution in [-0.4, -0.2) is 10.9 Å². The van der Waals surface area contributed by atoms with Gasteiger partial charge in [-0.3, -0.25) is 4.79 Å². The Morgan fingerprint density at radius 1 is 1.28 bits per heavy atom. The fourth-order valence-corrected chi connectivity index (χ4v) is 1.73. The lowest BCUT2D eigenvalue weighted by molar-refractivity contribution is 0.102. The van der Waals surface area contributed by atoms with Crippen molar-refractivity contribution >= 4 is 40.6 Å². The number of nitrogen functional groups attached to an aromatic ring is 1. The van der Waals surface area contributed by atoms with Crippen molar-refractivity contribution in [3.05, 3.63) is 52.1 Å². The zero-order valence-electron chi connectivity index (χ0n) is 9.15. The molecular formula is C12H9Cl2N3O. The van der Waals surface area contributed by atoms with Gasteiger partial charge in [-0.15, -0.1) is 0 Å². The average molecular weight is 282 g/mol. The molecule has 0 saturated carbocycles. The van der Waals surface area contributed by atoms with Crippen molar-refractivity contribution in [1.82, 2.24) is 4.98 Å². The van der Waals surface area contributed by atoms with Crippen molar-refractivity contribution in [1.29, 1.82) is 0 Å². The van der Waals surface area contributed by atoms with Crippen LogP contribution >= 0.6 is 23.2 Å². The fraction of sp³-hybridized carbons (Fsp3) is 0. The van der Waals surface area contributed by atoms with Crippen molar-refractivity contribution in [2.24, 2.45) is 0 Å². The number of aromatic nitrogens is 1. The summed E-state index contributed by atoms with van der Waals surface area (Å²) in [5.41, 5.74) is 6.36. The molecule has 92 valence electrons. The zero-order valence-corrected chi connectivity index (χ0v) is 10.7. The van der Waals surface area contributed by atoms with E-state index < -0.39 is 0 Å². The van der Waals surface area contributed by atoms with Crippen LogP contribution in [0.5, 0.6) is 0 Å². The number of benzene rings is 1. The Kier molecular flexibility index (Phi) is 3.69. The van der Waals surface area contributed by atoms with Gasteiger partial charge in [0.2, 0.25) is 0 Å². The van der Waals surface area contributed by atoms with E-state index in [1.807, 2.05) is 0 Å². The second-order valence-electron chi connectivity index (χ2n) is 3.52. The number of pyridine rings is 1. The van der Waals surface area contributed by atoms with Crippen LogP contribution in [0.1, 0.15) is 10.4 Å². The number of nitrogens with one attached hydrogen (secondary N) is 1. The first-order valence-electron chi connectivity index (χ1n) is 5.05. The molecule has 4 nitrogen and oxygen atoms in total. The second-order valence-corrected chi connectivity index (χ2v) is 4.31. The first-order chi connectivity index (χ1) is 8.58. The fourth-order valence-electron chi connectivity index (χ4n) is 1.38. The summed E-state index contributed by atoms with van der Waals surface area (Å²) in [6.07, 6.45) is 1.46. The Morgan fingerprint density at radius 2 is 2.06 bits per heavy atom. The summed E-state index contributed by atoms with van der Waals surface area (Å²) in [6, 6.07) is 8.04. The highest BCUT2D eigenvalue weighted by atomic mass is 35.5. The molecule has 3 N–H and O–H groups in total. The zero-order chi connectivity index (χ0) is 13.1. The van der Waals surface area contributed by atoms with Gasteiger partial charge in [-0.25, -0.2) is 4.98 Å². The molecule has 0 aliphatic heterocycles. The molecule has 2 aromatic rings. The smallest absolute Gasteiger partial charge is 0.255 e. The first-order valence-corrected chi connectivity index (χ1v) is 5.80. The maximum atomic E-state index is 11.9. The molecule has 1 amide bonds. The largest absolute Gasteiger partial charge is 0.384 e. The molecule has 0 aliphatic carbocycles. The van der Waals surface area contributed by atoms with E-state index in [1.54, 1.807) is 24.3 Å². The van der Waals surface area contributed by atoms with Crippen LogP contribution < -0.4 is 11.1 Å². The van der Waals surface area contributed by atoms with E-state index in [2.05, 4.69) is 10.3 Å². The highest BCUT2D eigenvalue weighted by Gasteiger charge is 2.10. The third kappa shape index (κ3) is 2.72. The van der Waals surface area contributed by atoms with Crippen LogP contribution in [0, 0.1) is 0 Å². The van der Waals surface area contributed by atoms with E-state index in [1.165, 1.54) is 12.3 Å². The normalized spacial score (nSPS) is 10.1. The molecule has 18 heavy (non-hydrogen) atoms. The van der Waals surface area contributed by atoms with Gasteiger partial charge in [0.15, 0.2) is 0 Å². The van der Waals surface area contributed by atoms with Gasteiger partial charge in [0.05, 0.1) is 15.7 Å². The summed E-state index contributed by atoms with van der Waals surface area (Å²) in [5.74, 6) is -0.0480. The highest BCUT2D eigenvalue weighted by molar-refractivity contribution is 6.44. The highest BCUT2D eigenvalue weighted by Crippen LogP contribution is 2.29. The summed E-state index contributed by atoms with van der Waals surface area (Å²) in [6.45, 7) is 0. The van der Waals surface area contributed by atoms with Crippen LogP contribution in [-0.2, 0) is 0 Å². The molecule has 1 heterocycles. The number of carbonyl (C=O) groups excluding carboxylic acids is 1. The molecule has 0 fully saturated rings. The van der Waals surface area contributed by atoms with Gasteiger partial charge >= 0.3 is 0 Å². The predicted octanol–water partition coefficient (Wildman–Crippen LogP) is 3.22. The van der Waals surface area contributed by atoms with E-state index in [9.17, 15) is 4.79 Å². The van der Waals surface area contributed by atoms with E-state index in [4.69, 9.17) is 28.9 Å². The molecule has 0 saturated heterocycles. The average Bonchev–Trinajstić information content (AvgIpc) is 2.35. The Bertz CT molecular complexity index is 602. The summed E-state index contributed by atoms with van der Waals surface area (Å²) in [4.78, 5) is 15.7. The van der Waals surface area contributed by atoms with Crippen molar-refractivity contribution in [2.75, 3.05) is 11.1 Å². The van der Waals surface area contributed by atoms with E-state index in [-0.39, 0.29) is 11.7 Å². The monoisotopic (exact) mass is 281 g/mol. The van der Waals surface area contributed by atoms with Crippen molar-refractivity contribution in [3.8, 4) is 0 Å². The van der Waals surface area contributed by atoms with Crippen LogP contribution in [0.3, 0.4) is 0 Å². The van der Waals surface area contributed by atoms with Gasteiger partial charge in [0.25, 0.3) is 5.91 Å².